The smallest absolute Gasteiger partial charge is 0.342 e. The van der Waals surface area contributed by atoms with Crippen molar-refractivity contribution in [2.45, 2.75) is 26.3 Å². The molecule has 0 radical (unpaired) electrons. The van der Waals surface area contributed by atoms with Crippen LogP contribution in [0.2, 0.25) is 0 Å². The van der Waals surface area contributed by atoms with E-state index in [2.05, 4.69) is 15.6 Å². The van der Waals surface area contributed by atoms with Crippen LogP contribution in [-0.2, 0) is 20.9 Å². The molecule has 0 aliphatic heterocycles. The first-order valence-electron chi connectivity index (χ1n) is 6.68. The fraction of sp³-hybridized carbons (Fsp3) is 0.500. The molecule has 1 amide bonds. The van der Waals surface area contributed by atoms with Crippen molar-refractivity contribution in [3.8, 4) is 0 Å². The predicted molar refractivity (Wildman–Crippen MR) is 83.6 cm³/mol. The summed E-state index contributed by atoms with van der Waals surface area (Å²) in [5.41, 5.74) is 0. The molecule has 1 rings (SSSR count). The van der Waals surface area contributed by atoms with Crippen molar-refractivity contribution in [2.24, 2.45) is 0 Å². The zero-order valence-corrected chi connectivity index (χ0v) is 13.5. The number of hydrogen-bond acceptors (Lipinski definition) is 7. The SMILES string of the molecule is CNC(=S)NC(=O)CCC(=O)OCCn1c([N+](=O)[O-])cnc1C. The summed E-state index contributed by atoms with van der Waals surface area (Å²) in [6.07, 6.45) is 0.972. The van der Waals surface area contributed by atoms with Gasteiger partial charge < -0.3 is 25.5 Å². The Balaban J connectivity index is 2.35. The molecule has 0 saturated heterocycles. The van der Waals surface area contributed by atoms with E-state index in [1.54, 1.807) is 14.0 Å². The van der Waals surface area contributed by atoms with Crippen LogP contribution in [0, 0.1) is 17.0 Å². The molecule has 2 N–H and O–H groups in total. The molecular formula is C12H17N5O5S. The molecule has 23 heavy (non-hydrogen) atoms. The van der Waals surface area contributed by atoms with Crippen molar-refractivity contribution in [1.82, 2.24) is 20.2 Å². The van der Waals surface area contributed by atoms with Crippen molar-refractivity contribution < 1.29 is 19.2 Å². The lowest BCUT2D eigenvalue weighted by Gasteiger charge is -2.06. The van der Waals surface area contributed by atoms with Crippen LogP contribution in [0.25, 0.3) is 0 Å². The van der Waals surface area contributed by atoms with Crippen molar-refractivity contribution in [2.75, 3.05) is 13.7 Å². The molecule has 0 bridgehead atoms. The maximum absolute atomic E-state index is 11.5. The van der Waals surface area contributed by atoms with Gasteiger partial charge in [0.15, 0.2) is 10.9 Å². The third kappa shape index (κ3) is 5.98. The molecule has 126 valence electrons. The largest absolute Gasteiger partial charge is 0.461 e. The quantitative estimate of drug-likeness (QED) is 0.307. The molecule has 0 aliphatic carbocycles. The average molecular weight is 343 g/mol. The number of aryl methyl sites for hydroxylation is 1. The van der Waals surface area contributed by atoms with Crippen molar-refractivity contribution >= 4 is 35.0 Å². The Morgan fingerprint density at radius 1 is 1.48 bits per heavy atom. The molecule has 0 aromatic carbocycles. The maximum atomic E-state index is 11.5. The Hall–Kier alpha value is -2.56. The lowest BCUT2D eigenvalue weighted by molar-refractivity contribution is -0.392. The third-order valence-corrected chi connectivity index (χ3v) is 3.14. The van der Waals surface area contributed by atoms with Crippen LogP contribution in [0.5, 0.6) is 0 Å². The fourth-order valence-electron chi connectivity index (χ4n) is 1.67. The van der Waals surface area contributed by atoms with Crippen LogP contribution in [0.4, 0.5) is 5.82 Å². The van der Waals surface area contributed by atoms with E-state index in [4.69, 9.17) is 17.0 Å². The summed E-state index contributed by atoms with van der Waals surface area (Å²) in [6, 6.07) is 0. The van der Waals surface area contributed by atoms with Gasteiger partial charge in [0.2, 0.25) is 5.91 Å². The number of nitrogens with one attached hydrogen (secondary N) is 2. The summed E-state index contributed by atoms with van der Waals surface area (Å²) in [7, 11) is 1.56. The first-order valence-corrected chi connectivity index (χ1v) is 7.09. The molecular weight excluding hydrogens is 326 g/mol. The number of carbonyl (C=O) groups is 2. The van der Waals surface area contributed by atoms with E-state index in [1.165, 1.54) is 4.57 Å². The van der Waals surface area contributed by atoms with E-state index in [1.807, 2.05) is 0 Å². The summed E-state index contributed by atoms with van der Waals surface area (Å²) in [5.74, 6) is -0.690. The topological polar surface area (TPSA) is 128 Å². The van der Waals surface area contributed by atoms with Gasteiger partial charge in [-0.1, -0.05) is 0 Å². The van der Waals surface area contributed by atoms with Gasteiger partial charge >= 0.3 is 11.8 Å². The molecule has 10 nitrogen and oxygen atoms in total. The standard InChI is InChI=1S/C12H17N5O5S/c1-8-14-7-10(17(20)21)16(8)5-6-22-11(19)4-3-9(18)15-12(23)13-2/h7H,3-6H2,1-2H3,(H2,13,15,18,23). The minimum Gasteiger partial charge on any atom is -0.461 e. The third-order valence-electron chi connectivity index (χ3n) is 2.84. The number of carbonyl (C=O) groups excluding carboxylic acids is 2. The van der Waals surface area contributed by atoms with Gasteiger partial charge in [-0.25, -0.2) is 9.55 Å². The summed E-state index contributed by atoms with van der Waals surface area (Å²) in [5, 5.41) is 15.9. The molecule has 0 fully saturated rings. The van der Waals surface area contributed by atoms with Gasteiger partial charge in [0.1, 0.15) is 19.3 Å². The average Bonchev–Trinajstić information content (AvgIpc) is 2.86. The number of thiocarbonyl (C=S) groups is 1. The summed E-state index contributed by atoms with van der Waals surface area (Å²) >= 11 is 4.75. The van der Waals surface area contributed by atoms with Gasteiger partial charge in [-0.2, -0.15) is 0 Å². The van der Waals surface area contributed by atoms with E-state index in [0.29, 0.717) is 5.82 Å². The van der Waals surface area contributed by atoms with Gasteiger partial charge in [-0.3, -0.25) is 9.59 Å². The summed E-state index contributed by atoms with van der Waals surface area (Å²) < 4.78 is 6.29. The van der Waals surface area contributed by atoms with Crippen LogP contribution < -0.4 is 10.6 Å². The number of amides is 1. The number of aromatic nitrogens is 2. The Kier molecular flexibility index (Phi) is 7.06. The van der Waals surface area contributed by atoms with Crippen LogP contribution in [0.1, 0.15) is 18.7 Å². The van der Waals surface area contributed by atoms with Gasteiger partial charge in [-0.15, -0.1) is 0 Å². The number of ether oxygens (including phenoxy) is 1. The minimum absolute atomic E-state index is 0.0482. The summed E-state index contributed by atoms with van der Waals surface area (Å²) in [6.45, 7) is 1.68. The highest BCUT2D eigenvalue weighted by Gasteiger charge is 2.17. The molecule has 0 unspecified atom stereocenters. The zero-order chi connectivity index (χ0) is 17.4. The van der Waals surface area contributed by atoms with Gasteiger partial charge in [-0.05, 0) is 17.1 Å². The van der Waals surface area contributed by atoms with E-state index in [0.717, 1.165) is 6.20 Å². The van der Waals surface area contributed by atoms with Crippen molar-refractivity contribution in [1.29, 1.82) is 0 Å². The second-order valence-corrected chi connectivity index (χ2v) is 4.83. The molecule has 0 saturated carbocycles. The fourth-order valence-corrected chi connectivity index (χ4v) is 1.78. The van der Waals surface area contributed by atoms with Crippen molar-refractivity contribution in [3.05, 3.63) is 22.1 Å². The first kappa shape index (κ1) is 18.5. The normalized spacial score (nSPS) is 10.0. The number of nitro groups is 1. The molecule has 1 aromatic rings. The van der Waals surface area contributed by atoms with E-state index >= 15 is 0 Å². The van der Waals surface area contributed by atoms with Crippen LogP contribution in [0.15, 0.2) is 6.20 Å². The van der Waals surface area contributed by atoms with Crippen LogP contribution in [-0.4, -0.2) is 45.1 Å². The molecule has 0 atom stereocenters. The molecule has 11 heteroatoms. The second kappa shape index (κ2) is 8.78. The zero-order valence-electron chi connectivity index (χ0n) is 12.7. The summed E-state index contributed by atoms with van der Waals surface area (Å²) in [4.78, 5) is 37.0. The van der Waals surface area contributed by atoms with E-state index < -0.39 is 16.8 Å². The number of hydrogen-bond donors (Lipinski definition) is 2. The minimum atomic E-state index is -0.573. The van der Waals surface area contributed by atoms with Gasteiger partial charge in [0, 0.05) is 20.4 Å². The highest BCUT2D eigenvalue weighted by atomic mass is 32.1. The number of rotatable bonds is 7. The highest BCUT2D eigenvalue weighted by Crippen LogP contribution is 2.13. The lowest BCUT2D eigenvalue weighted by Crippen LogP contribution is -2.37. The predicted octanol–water partition coefficient (Wildman–Crippen LogP) is 0.0436. The molecule has 1 heterocycles. The number of nitrogens with zero attached hydrogens (tertiary/aromatic N) is 3. The van der Waals surface area contributed by atoms with Crippen LogP contribution >= 0.6 is 12.2 Å². The number of esters is 1. The second-order valence-electron chi connectivity index (χ2n) is 4.42. The van der Waals surface area contributed by atoms with Crippen molar-refractivity contribution in [3.63, 3.8) is 0 Å². The monoisotopic (exact) mass is 343 g/mol. The lowest BCUT2D eigenvalue weighted by atomic mass is 10.3. The Labute approximate surface area is 137 Å². The molecule has 1 aromatic heterocycles. The Bertz CT molecular complexity index is 615. The van der Waals surface area contributed by atoms with E-state index in [-0.39, 0.29) is 36.9 Å². The Morgan fingerprint density at radius 3 is 2.78 bits per heavy atom. The van der Waals surface area contributed by atoms with Gasteiger partial charge in [0.05, 0.1) is 6.42 Å². The van der Waals surface area contributed by atoms with E-state index in [9.17, 15) is 19.7 Å². The Morgan fingerprint density at radius 2 is 2.17 bits per heavy atom. The maximum Gasteiger partial charge on any atom is 0.342 e. The molecule has 0 aliphatic rings. The van der Waals surface area contributed by atoms with Crippen LogP contribution in [0.3, 0.4) is 0 Å². The highest BCUT2D eigenvalue weighted by molar-refractivity contribution is 7.80. The first-order chi connectivity index (χ1) is 10.8. The molecule has 0 spiro atoms. The van der Waals surface area contributed by atoms with Gasteiger partial charge in [0.25, 0.3) is 0 Å². The number of imidazole rings is 1.